The van der Waals surface area contributed by atoms with E-state index in [1.807, 2.05) is 0 Å². The number of carbonyl (C=O) groups is 2. The fraction of sp³-hybridized carbons (Fsp3) is 0.933. The third-order valence-corrected chi connectivity index (χ3v) is 7.34. The highest BCUT2D eigenvalue weighted by Gasteiger charge is 2.07. The zero-order valence-electron chi connectivity index (χ0n) is 23.4. The highest BCUT2D eigenvalue weighted by atomic mass is 32.2. The molecule has 0 aromatic rings. The van der Waals surface area contributed by atoms with Crippen molar-refractivity contribution in [2.45, 2.75) is 155 Å². The first-order valence-electron chi connectivity index (χ1n) is 15.1. The molecule has 0 fully saturated rings. The molecule has 0 aromatic carbocycles. The average Bonchev–Trinajstić information content (AvgIpc) is 2.85. The second kappa shape index (κ2) is 29.5. The molecule has 35 heavy (non-hydrogen) atoms. The van der Waals surface area contributed by atoms with Crippen LogP contribution in [0, 0.1) is 0 Å². The number of hydrogen-bond acceptors (Lipinski definition) is 5. The molecular formula is C30H58O4S. The van der Waals surface area contributed by atoms with Crippen LogP contribution in [-0.4, -0.2) is 36.7 Å². The first kappa shape index (κ1) is 34.3. The Labute approximate surface area is 222 Å². The lowest BCUT2D eigenvalue weighted by Crippen LogP contribution is -2.13. The van der Waals surface area contributed by atoms with E-state index < -0.39 is 0 Å². The molecule has 0 aliphatic heterocycles. The Kier molecular flexibility index (Phi) is 28.9. The van der Waals surface area contributed by atoms with Gasteiger partial charge in [-0.05, 0) is 12.8 Å². The van der Waals surface area contributed by atoms with Crippen LogP contribution in [0.5, 0.6) is 0 Å². The summed E-state index contributed by atoms with van der Waals surface area (Å²) < 4.78 is 10.5. The number of rotatable bonds is 28. The topological polar surface area (TPSA) is 52.6 Å². The summed E-state index contributed by atoms with van der Waals surface area (Å²) in [6.45, 7) is 5.51. The van der Waals surface area contributed by atoms with Crippen molar-refractivity contribution >= 4 is 23.7 Å². The van der Waals surface area contributed by atoms with Crippen molar-refractivity contribution in [3.05, 3.63) is 0 Å². The minimum absolute atomic E-state index is 0.222. The third kappa shape index (κ3) is 29.4. The average molecular weight is 515 g/mol. The standard InChI is InChI=1S/C30H58O4S/c1-3-5-7-9-11-13-15-17-19-21-23-25-33-29(31)27-35-28-30(32)34-26-24-22-20-18-16-14-12-10-8-6-4-2/h3-28H2,1-2H3. The van der Waals surface area contributed by atoms with E-state index in [1.165, 1.54) is 127 Å². The molecule has 0 radical (unpaired) electrons. The molecule has 0 unspecified atom stereocenters. The maximum atomic E-state index is 11.8. The van der Waals surface area contributed by atoms with E-state index in [2.05, 4.69) is 13.8 Å². The van der Waals surface area contributed by atoms with Gasteiger partial charge in [0.2, 0.25) is 0 Å². The molecule has 0 heterocycles. The Balaban J connectivity index is 3.28. The molecule has 208 valence electrons. The number of esters is 2. The van der Waals surface area contributed by atoms with Crippen LogP contribution >= 0.6 is 11.8 Å². The summed E-state index contributed by atoms with van der Waals surface area (Å²) in [5.74, 6) is 0.0115. The smallest absolute Gasteiger partial charge is 0.315 e. The molecule has 0 N–H and O–H groups in total. The summed E-state index contributed by atoms with van der Waals surface area (Å²) in [4.78, 5) is 23.6. The van der Waals surface area contributed by atoms with Crippen molar-refractivity contribution in [3.63, 3.8) is 0 Å². The Morgan fingerprint density at radius 3 is 0.971 bits per heavy atom. The van der Waals surface area contributed by atoms with Gasteiger partial charge in [0.05, 0.1) is 24.7 Å². The molecule has 0 saturated heterocycles. The molecule has 0 aliphatic rings. The Bertz CT molecular complexity index is 416. The lowest BCUT2D eigenvalue weighted by atomic mass is 10.1. The van der Waals surface area contributed by atoms with Crippen molar-refractivity contribution in [1.82, 2.24) is 0 Å². The third-order valence-electron chi connectivity index (χ3n) is 6.46. The van der Waals surface area contributed by atoms with Gasteiger partial charge in [-0.1, -0.05) is 142 Å². The molecular weight excluding hydrogens is 456 g/mol. The van der Waals surface area contributed by atoms with Crippen molar-refractivity contribution < 1.29 is 19.1 Å². The lowest BCUT2D eigenvalue weighted by molar-refractivity contribution is -0.140. The fourth-order valence-corrected chi connectivity index (χ4v) is 4.81. The van der Waals surface area contributed by atoms with Crippen LogP contribution in [0.2, 0.25) is 0 Å². The molecule has 0 aliphatic carbocycles. The Morgan fingerprint density at radius 2 is 0.686 bits per heavy atom. The first-order valence-corrected chi connectivity index (χ1v) is 16.2. The fourth-order valence-electron chi connectivity index (χ4n) is 4.21. The molecule has 0 spiro atoms. The summed E-state index contributed by atoms with van der Waals surface area (Å²) >= 11 is 1.29. The SMILES string of the molecule is CCCCCCCCCCCCCOC(=O)CSCC(=O)OCCCCCCCCCCCCC. The van der Waals surface area contributed by atoms with Gasteiger partial charge in [0.1, 0.15) is 0 Å². The van der Waals surface area contributed by atoms with Crippen LogP contribution in [0.25, 0.3) is 0 Å². The summed E-state index contributed by atoms with van der Waals surface area (Å²) in [7, 11) is 0. The molecule has 0 aromatic heterocycles. The number of thioether (sulfide) groups is 1. The van der Waals surface area contributed by atoms with Crippen molar-refractivity contribution in [2.75, 3.05) is 24.7 Å². The normalized spacial score (nSPS) is 11.0. The number of ether oxygens (including phenoxy) is 2. The van der Waals surface area contributed by atoms with Crippen LogP contribution in [0.3, 0.4) is 0 Å². The van der Waals surface area contributed by atoms with E-state index in [4.69, 9.17) is 9.47 Å². The van der Waals surface area contributed by atoms with E-state index in [-0.39, 0.29) is 23.4 Å². The van der Waals surface area contributed by atoms with Crippen molar-refractivity contribution in [1.29, 1.82) is 0 Å². The second-order valence-corrected chi connectivity index (χ2v) is 11.0. The van der Waals surface area contributed by atoms with Gasteiger partial charge < -0.3 is 9.47 Å². The predicted octanol–water partition coefficient (Wildman–Crippen LogP) is 9.43. The van der Waals surface area contributed by atoms with Crippen LogP contribution in [0.15, 0.2) is 0 Å². The van der Waals surface area contributed by atoms with Crippen LogP contribution in [0.4, 0.5) is 0 Å². The van der Waals surface area contributed by atoms with Gasteiger partial charge in [0, 0.05) is 0 Å². The number of hydrogen-bond donors (Lipinski definition) is 0. The number of unbranched alkanes of at least 4 members (excludes halogenated alkanes) is 20. The zero-order chi connectivity index (χ0) is 25.7. The zero-order valence-corrected chi connectivity index (χ0v) is 24.2. The summed E-state index contributed by atoms with van der Waals surface area (Å²) in [5.41, 5.74) is 0. The van der Waals surface area contributed by atoms with Crippen molar-refractivity contribution in [3.8, 4) is 0 Å². The monoisotopic (exact) mass is 514 g/mol. The van der Waals surface area contributed by atoms with Gasteiger partial charge in [0.25, 0.3) is 0 Å². The molecule has 0 amide bonds. The molecule has 0 saturated carbocycles. The van der Waals surface area contributed by atoms with E-state index >= 15 is 0 Å². The molecule has 4 nitrogen and oxygen atoms in total. The second-order valence-electron chi connectivity index (χ2n) is 10.0. The maximum Gasteiger partial charge on any atom is 0.315 e. The van der Waals surface area contributed by atoms with Gasteiger partial charge in [-0.2, -0.15) is 0 Å². The van der Waals surface area contributed by atoms with Crippen LogP contribution < -0.4 is 0 Å². The van der Waals surface area contributed by atoms with Gasteiger partial charge in [-0.25, -0.2) is 0 Å². The van der Waals surface area contributed by atoms with E-state index in [9.17, 15) is 9.59 Å². The lowest BCUT2D eigenvalue weighted by Gasteiger charge is -2.06. The van der Waals surface area contributed by atoms with Gasteiger partial charge in [-0.15, -0.1) is 11.8 Å². The maximum absolute atomic E-state index is 11.8. The molecule has 0 atom stereocenters. The minimum Gasteiger partial charge on any atom is -0.465 e. The van der Waals surface area contributed by atoms with Gasteiger partial charge >= 0.3 is 11.9 Å². The summed E-state index contributed by atoms with van der Waals surface area (Å²) in [6.07, 6.45) is 28.2. The van der Waals surface area contributed by atoms with E-state index in [0.717, 1.165) is 25.7 Å². The van der Waals surface area contributed by atoms with Crippen LogP contribution in [-0.2, 0) is 19.1 Å². The highest BCUT2D eigenvalue weighted by Crippen LogP contribution is 2.13. The molecule has 0 rings (SSSR count). The van der Waals surface area contributed by atoms with Crippen molar-refractivity contribution in [2.24, 2.45) is 0 Å². The van der Waals surface area contributed by atoms with E-state index in [0.29, 0.717) is 13.2 Å². The number of carbonyl (C=O) groups excluding carboxylic acids is 2. The molecule has 5 heteroatoms. The Morgan fingerprint density at radius 1 is 0.429 bits per heavy atom. The summed E-state index contributed by atoms with van der Waals surface area (Å²) in [5, 5.41) is 0. The molecule has 0 bridgehead atoms. The largest absolute Gasteiger partial charge is 0.465 e. The van der Waals surface area contributed by atoms with Gasteiger partial charge in [-0.3, -0.25) is 9.59 Å². The summed E-state index contributed by atoms with van der Waals surface area (Å²) in [6, 6.07) is 0. The minimum atomic E-state index is -0.222. The quantitative estimate of drug-likeness (QED) is 0.0768. The van der Waals surface area contributed by atoms with Crippen LogP contribution in [0.1, 0.15) is 155 Å². The van der Waals surface area contributed by atoms with Gasteiger partial charge in [0.15, 0.2) is 0 Å². The predicted molar refractivity (Wildman–Crippen MR) is 152 cm³/mol. The highest BCUT2D eigenvalue weighted by molar-refractivity contribution is 8.00. The first-order chi connectivity index (χ1) is 17.2. The Hall–Kier alpha value is -0.710. The van der Waals surface area contributed by atoms with E-state index in [1.54, 1.807) is 0 Å².